The number of carbonyl (C=O) groups excluding carboxylic acids is 2. The molecule has 32 heavy (non-hydrogen) atoms. The summed E-state index contributed by atoms with van der Waals surface area (Å²) in [7, 11) is 3.10. The summed E-state index contributed by atoms with van der Waals surface area (Å²) < 4.78 is 10.7. The SMILES string of the molecule is COc1ccc(OC)c(NC(=O)[C@@H]2C[C@H](C(C)C)N[C@@]23C(=O)Nc2c(Cl)cc(C)cc23)c1. The van der Waals surface area contributed by atoms with E-state index in [0.717, 1.165) is 5.56 Å². The summed E-state index contributed by atoms with van der Waals surface area (Å²) in [5.41, 5.74) is 1.49. The van der Waals surface area contributed by atoms with Gasteiger partial charge >= 0.3 is 0 Å². The number of aryl methyl sites for hydroxylation is 1. The van der Waals surface area contributed by atoms with Gasteiger partial charge in [-0.1, -0.05) is 31.5 Å². The topological polar surface area (TPSA) is 88.7 Å². The maximum Gasteiger partial charge on any atom is 0.250 e. The highest BCUT2D eigenvalue weighted by atomic mass is 35.5. The molecule has 2 aromatic rings. The molecule has 2 aliphatic heterocycles. The van der Waals surface area contributed by atoms with Crippen LogP contribution < -0.4 is 25.4 Å². The fourth-order valence-electron chi connectivity index (χ4n) is 4.76. The standard InChI is InChI=1S/C24H28ClN3O4/c1-12(2)18-11-16(22(29)26-19-10-14(31-4)6-7-20(19)32-5)24(28-18)15-8-13(3)9-17(25)21(15)27-23(24)30/h6-10,12,16,18,28H,11H2,1-5H3,(H,26,29)(H,27,30)/t16-,18+,24+/m0/s1. The van der Waals surface area contributed by atoms with Crippen LogP contribution in [0.5, 0.6) is 11.5 Å². The fourth-order valence-corrected chi connectivity index (χ4v) is 5.08. The molecule has 0 radical (unpaired) electrons. The van der Waals surface area contributed by atoms with Gasteiger partial charge in [-0.2, -0.15) is 0 Å². The molecule has 7 nitrogen and oxygen atoms in total. The molecule has 2 aliphatic rings. The van der Waals surface area contributed by atoms with Gasteiger partial charge in [0.25, 0.3) is 0 Å². The third-order valence-corrected chi connectivity index (χ3v) is 6.77. The Bertz CT molecular complexity index is 1090. The summed E-state index contributed by atoms with van der Waals surface area (Å²) in [5, 5.41) is 9.86. The van der Waals surface area contributed by atoms with E-state index < -0.39 is 11.5 Å². The predicted molar refractivity (Wildman–Crippen MR) is 125 cm³/mol. The highest BCUT2D eigenvalue weighted by Gasteiger charge is 2.60. The minimum Gasteiger partial charge on any atom is -0.497 e. The quantitative estimate of drug-likeness (QED) is 0.629. The van der Waals surface area contributed by atoms with Gasteiger partial charge in [0.15, 0.2) is 0 Å². The highest BCUT2D eigenvalue weighted by Crippen LogP contribution is 2.50. The lowest BCUT2D eigenvalue weighted by Crippen LogP contribution is -2.52. The molecule has 2 heterocycles. The van der Waals surface area contributed by atoms with E-state index in [-0.39, 0.29) is 23.8 Å². The summed E-state index contributed by atoms with van der Waals surface area (Å²) >= 11 is 6.46. The summed E-state index contributed by atoms with van der Waals surface area (Å²) in [6.07, 6.45) is 0.508. The number of carbonyl (C=O) groups is 2. The number of hydrogen-bond acceptors (Lipinski definition) is 5. The van der Waals surface area contributed by atoms with Crippen LogP contribution in [0.2, 0.25) is 5.02 Å². The number of rotatable bonds is 5. The molecule has 2 amide bonds. The van der Waals surface area contributed by atoms with Crippen molar-refractivity contribution >= 4 is 34.8 Å². The van der Waals surface area contributed by atoms with Gasteiger partial charge in [0.2, 0.25) is 11.8 Å². The first-order valence-electron chi connectivity index (χ1n) is 10.6. The van der Waals surface area contributed by atoms with Crippen LogP contribution in [0.3, 0.4) is 0 Å². The molecule has 1 fully saturated rings. The normalized spacial score (nSPS) is 23.9. The monoisotopic (exact) mass is 457 g/mol. The molecule has 3 atom stereocenters. The molecule has 2 aromatic carbocycles. The molecule has 0 aliphatic carbocycles. The number of fused-ring (bicyclic) bond motifs is 2. The molecular weight excluding hydrogens is 430 g/mol. The van der Waals surface area contributed by atoms with Crippen molar-refractivity contribution < 1.29 is 19.1 Å². The zero-order chi connectivity index (χ0) is 23.2. The molecule has 0 aromatic heterocycles. The van der Waals surface area contributed by atoms with E-state index in [9.17, 15) is 9.59 Å². The van der Waals surface area contributed by atoms with E-state index in [1.165, 1.54) is 7.11 Å². The van der Waals surface area contributed by atoms with E-state index >= 15 is 0 Å². The molecule has 1 saturated heterocycles. The molecule has 170 valence electrons. The van der Waals surface area contributed by atoms with Gasteiger partial charge in [0.05, 0.1) is 36.5 Å². The molecule has 4 rings (SSSR count). The maximum absolute atomic E-state index is 13.7. The maximum atomic E-state index is 13.7. The van der Waals surface area contributed by atoms with Crippen LogP contribution in [0.1, 0.15) is 31.4 Å². The molecule has 0 bridgehead atoms. The van der Waals surface area contributed by atoms with Gasteiger partial charge < -0.3 is 20.1 Å². The second-order valence-electron chi connectivity index (χ2n) is 8.77. The number of benzene rings is 2. The second kappa shape index (κ2) is 8.30. The van der Waals surface area contributed by atoms with Crippen LogP contribution in [-0.4, -0.2) is 32.1 Å². The lowest BCUT2D eigenvalue weighted by molar-refractivity contribution is -0.130. The number of methoxy groups -OCH3 is 2. The van der Waals surface area contributed by atoms with Gasteiger partial charge in [-0.25, -0.2) is 0 Å². The average Bonchev–Trinajstić information content (AvgIpc) is 3.29. The summed E-state index contributed by atoms with van der Waals surface area (Å²) in [6.45, 7) is 6.08. The molecule has 8 heteroatoms. The van der Waals surface area contributed by atoms with Crippen molar-refractivity contribution in [3.8, 4) is 11.5 Å². The van der Waals surface area contributed by atoms with E-state index in [0.29, 0.717) is 39.9 Å². The van der Waals surface area contributed by atoms with Gasteiger partial charge in [-0.3, -0.25) is 14.9 Å². The van der Waals surface area contributed by atoms with Crippen LogP contribution in [0.4, 0.5) is 11.4 Å². The van der Waals surface area contributed by atoms with E-state index in [4.69, 9.17) is 21.1 Å². The van der Waals surface area contributed by atoms with Crippen molar-refractivity contribution in [1.82, 2.24) is 5.32 Å². The Morgan fingerprint density at radius 3 is 2.62 bits per heavy atom. The lowest BCUT2D eigenvalue weighted by Gasteiger charge is -2.30. The van der Waals surface area contributed by atoms with Crippen molar-refractivity contribution in [3.63, 3.8) is 0 Å². The lowest BCUT2D eigenvalue weighted by atomic mass is 9.79. The van der Waals surface area contributed by atoms with Gasteiger partial charge in [-0.05, 0) is 43.0 Å². The van der Waals surface area contributed by atoms with Crippen LogP contribution >= 0.6 is 11.6 Å². The zero-order valence-electron chi connectivity index (χ0n) is 18.8. The number of ether oxygens (including phenoxy) is 2. The third-order valence-electron chi connectivity index (χ3n) is 6.47. The van der Waals surface area contributed by atoms with Crippen LogP contribution in [0.15, 0.2) is 30.3 Å². The number of anilines is 2. The van der Waals surface area contributed by atoms with Gasteiger partial charge in [-0.15, -0.1) is 0 Å². The average molecular weight is 458 g/mol. The largest absolute Gasteiger partial charge is 0.497 e. The Morgan fingerprint density at radius 2 is 1.97 bits per heavy atom. The van der Waals surface area contributed by atoms with Crippen LogP contribution in [0.25, 0.3) is 0 Å². The van der Waals surface area contributed by atoms with Crippen LogP contribution in [0, 0.1) is 18.8 Å². The minimum absolute atomic E-state index is 0.0195. The van der Waals surface area contributed by atoms with Gasteiger partial charge in [0.1, 0.15) is 17.0 Å². The van der Waals surface area contributed by atoms with Crippen molar-refractivity contribution in [2.45, 2.75) is 38.8 Å². The Morgan fingerprint density at radius 1 is 1.22 bits per heavy atom. The second-order valence-corrected chi connectivity index (χ2v) is 9.18. The fraction of sp³-hybridized carbons (Fsp3) is 0.417. The number of hydrogen-bond donors (Lipinski definition) is 3. The van der Waals surface area contributed by atoms with Gasteiger partial charge in [0, 0.05) is 17.7 Å². The van der Waals surface area contributed by atoms with Crippen LogP contribution in [-0.2, 0) is 15.1 Å². The van der Waals surface area contributed by atoms with Crippen molar-refractivity contribution in [2.75, 3.05) is 24.9 Å². The molecule has 3 N–H and O–H groups in total. The first kappa shape index (κ1) is 22.4. The molecular formula is C24H28ClN3O4. The van der Waals surface area contributed by atoms with E-state index in [1.807, 2.05) is 19.1 Å². The van der Waals surface area contributed by atoms with Crippen molar-refractivity contribution in [1.29, 1.82) is 0 Å². The Kier molecular flexibility index (Phi) is 5.81. The summed E-state index contributed by atoms with van der Waals surface area (Å²) in [4.78, 5) is 27.1. The number of nitrogens with one attached hydrogen (secondary N) is 3. The Hall–Kier alpha value is -2.77. The smallest absolute Gasteiger partial charge is 0.250 e. The van der Waals surface area contributed by atoms with E-state index in [2.05, 4.69) is 29.8 Å². The molecule has 0 unspecified atom stereocenters. The molecule has 1 spiro atoms. The highest BCUT2D eigenvalue weighted by molar-refractivity contribution is 6.35. The predicted octanol–water partition coefficient (Wildman–Crippen LogP) is 4.09. The first-order chi connectivity index (χ1) is 15.2. The van der Waals surface area contributed by atoms with Crippen molar-refractivity contribution in [3.05, 3.63) is 46.5 Å². The minimum atomic E-state index is -1.20. The van der Waals surface area contributed by atoms with Crippen molar-refractivity contribution in [2.24, 2.45) is 11.8 Å². The van der Waals surface area contributed by atoms with E-state index in [1.54, 1.807) is 25.3 Å². The summed E-state index contributed by atoms with van der Waals surface area (Å²) in [5.74, 6) is 0.147. The Balaban J connectivity index is 1.78. The molecule has 0 saturated carbocycles. The number of halogens is 1. The third kappa shape index (κ3) is 3.49. The first-order valence-corrected chi connectivity index (χ1v) is 11.0. The zero-order valence-corrected chi connectivity index (χ0v) is 19.6. The summed E-state index contributed by atoms with van der Waals surface area (Å²) in [6, 6.07) is 8.91. The number of amides is 2. The Labute approximate surface area is 192 Å².